The van der Waals surface area contributed by atoms with Crippen LogP contribution in [0.5, 0.6) is 0 Å². The lowest BCUT2D eigenvalue weighted by atomic mass is 9.72. The predicted octanol–water partition coefficient (Wildman–Crippen LogP) is 2.26. The van der Waals surface area contributed by atoms with Gasteiger partial charge in [0, 0.05) is 24.7 Å². The van der Waals surface area contributed by atoms with Crippen molar-refractivity contribution in [1.82, 2.24) is 10.2 Å². The van der Waals surface area contributed by atoms with Crippen LogP contribution in [0.1, 0.15) is 47.0 Å². The largest absolute Gasteiger partial charge is 0.376 e. The van der Waals surface area contributed by atoms with E-state index in [1.165, 1.54) is 19.3 Å². The van der Waals surface area contributed by atoms with Gasteiger partial charge < -0.3 is 10.1 Å². The molecule has 2 fully saturated rings. The Kier molecular flexibility index (Phi) is 4.35. The SMILES string of the molecule is CNC1CCC(C)(C)CC1N1CC(C)OCC1C. The molecule has 1 saturated heterocycles. The molecule has 0 amide bonds. The molecule has 4 atom stereocenters. The molecule has 3 heteroatoms. The minimum absolute atomic E-state index is 0.378. The van der Waals surface area contributed by atoms with Crippen molar-refractivity contribution < 1.29 is 4.74 Å². The molecule has 1 saturated carbocycles. The van der Waals surface area contributed by atoms with Gasteiger partial charge in [-0.1, -0.05) is 13.8 Å². The Morgan fingerprint density at radius 1 is 1.28 bits per heavy atom. The third-order valence-corrected chi connectivity index (χ3v) is 4.81. The topological polar surface area (TPSA) is 24.5 Å². The molecule has 0 radical (unpaired) electrons. The van der Waals surface area contributed by atoms with E-state index in [9.17, 15) is 0 Å². The number of hydrogen-bond donors (Lipinski definition) is 1. The summed E-state index contributed by atoms with van der Waals surface area (Å²) in [5.41, 5.74) is 0.485. The van der Waals surface area contributed by atoms with Crippen LogP contribution in [0.4, 0.5) is 0 Å². The first-order valence-corrected chi connectivity index (χ1v) is 7.47. The van der Waals surface area contributed by atoms with Gasteiger partial charge in [0.05, 0.1) is 12.7 Å². The fraction of sp³-hybridized carbons (Fsp3) is 1.00. The first-order valence-electron chi connectivity index (χ1n) is 7.47. The molecular formula is C15H30N2O. The van der Waals surface area contributed by atoms with Gasteiger partial charge in [0.1, 0.15) is 0 Å². The zero-order valence-corrected chi connectivity index (χ0v) is 12.7. The Bertz CT molecular complexity index is 280. The van der Waals surface area contributed by atoms with Crippen molar-refractivity contribution in [3.63, 3.8) is 0 Å². The number of ether oxygens (including phenoxy) is 1. The number of rotatable bonds is 2. The number of likely N-dealkylation sites (N-methyl/N-ethyl adjacent to an activating group) is 1. The van der Waals surface area contributed by atoms with Gasteiger partial charge in [-0.25, -0.2) is 0 Å². The predicted molar refractivity (Wildman–Crippen MR) is 75.8 cm³/mol. The summed E-state index contributed by atoms with van der Waals surface area (Å²) in [6.07, 6.45) is 4.31. The van der Waals surface area contributed by atoms with Crippen LogP contribution < -0.4 is 5.32 Å². The third kappa shape index (κ3) is 3.06. The highest BCUT2D eigenvalue weighted by Gasteiger charge is 2.40. The number of nitrogens with zero attached hydrogens (tertiary/aromatic N) is 1. The van der Waals surface area contributed by atoms with Gasteiger partial charge >= 0.3 is 0 Å². The van der Waals surface area contributed by atoms with E-state index in [1.54, 1.807) is 0 Å². The molecule has 2 rings (SSSR count). The average molecular weight is 254 g/mol. The number of nitrogens with one attached hydrogen (secondary N) is 1. The molecular weight excluding hydrogens is 224 g/mol. The molecule has 0 aromatic heterocycles. The summed E-state index contributed by atoms with van der Waals surface area (Å²) in [4.78, 5) is 2.69. The third-order valence-electron chi connectivity index (χ3n) is 4.81. The monoisotopic (exact) mass is 254 g/mol. The Balaban J connectivity index is 2.11. The van der Waals surface area contributed by atoms with Crippen molar-refractivity contribution in [2.24, 2.45) is 5.41 Å². The summed E-state index contributed by atoms with van der Waals surface area (Å²) >= 11 is 0. The minimum Gasteiger partial charge on any atom is -0.376 e. The molecule has 1 heterocycles. The molecule has 3 nitrogen and oxygen atoms in total. The van der Waals surface area contributed by atoms with E-state index in [0.29, 0.717) is 29.6 Å². The molecule has 0 aromatic rings. The van der Waals surface area contributed by atoms with Gasteiger partial charge in [0.2, 0.25) is 0 Å². The van der Waals surface area contributed by atoms with E-state index >= 15 is 0 Å². The highest BCUT2D eigenvalue weighted by Crippen LogP contribution is 2.38. The second-order valence-corrected chi connectivity index (χ2v) is 7.06. The summed E-state index contributed by atoms with van der Waals surface area (Å²) in [6, 6.07) is 1.86. The highest BCUT2D eigenvalue weighted by molar-refractivity contribution is 4.96. The summed E-state index contributed by atoms with van der Waals surface area (Å²) in [7, 11) is 2.12. The fourth-order valence-corrected chi connectivity index (χ4v) is 3.63. The lowest BCUT2D eigenvalue weighted by Gasteiger charge is -2.50. The van der Waals surface area contributed by atoms with Gasteiger partial charge in [-0.3, -0.25) is 4.90 Å². The summed E-state index contributed by atoms with van der Waals surface area (Å²) in [5.74, 6) is 0. The zero-order chi connectivity index (χ0) is 13.3. The molecule has 2 aliphatic rings. The van der Waals surface area contributed by atoms with Crippen LogP contribution in [0.15, 0.2) is 0 Å². The highest BCUT2D eigenvalue weighted by atomic mass is 16.5. The van der Waals surface area contributed by atoms with Gasteiger partial charge in [-0.15, -0.1) is 0 Å². The van der Waals surface area contributed by atoms with E-state index in [2.05, 4.69) is 45.0 Å². The van der Waals surface area contributed by atoms with E-state index in [0.717, 1.165) is 13.2 Å². The minimum atomic E-state index is 0.378. The van der Waals surface area contributed by atoms with Crippen molar-refractivity contribution in [2.45, 2.75) is 71.2 Å². The van der Waals surface area contributed by atoms with Crippen molar-refractivity contribution in [1.29, 1.82) is 0 Å². The fourth-order valence-electron chi connectivity index (χ4n) is 3.63. The van der Waals surface area contributed by atoms with Gasteiger partial charge in [-0.05, 0) is 45.6 Å². The van der Waals surface area contributed by atoms with Crippen LogP contribution in [0.25, 0.3) is 0 Å². The Morgan fingerprint density at radius 2 is 2.00 bits per heavy atom. The molecule has 1 aliphatic heterocycles. The van der Waals surface area contributed by atoms with Crippen LogP contribution >= 0.6 is 0 Å². The van der Waals surface area contributed by atoms with Crippen molar-refractivity contribution >= 4 is 0 Å². The van der Waals surface area contributed by atoms with E-state index in [-0.39, 0.29) is 0 Å². The number of morpholine rings is 1. The van der Waals surface area contributed by atoms with Crippen molar-refractivity contribution in [2.75, 3.05) is 20.2 Å². The first kappa shape index (κ1) is 14.3. The smallest absolute Gasteiger partial charge is 0.0674 e. The molecule has 0 spiro atoms. The molecule has 1 aliphatic carbocycles. The van der Waals surface area contributed by atoms with Crippen molar-refractivity contribution in [3.05, 3.63) is 0 Å². The van der Waals surface area contributed by atoms with E-state index in [4.69, 9.17) is 4.74 Å². The van der Waals surface area contributed by atoms with Crippen LogP contribution in [0, 0.1) is 5.41 Å². The molecule has 4 unspecified atom stereocenters. The van der Waals surface area contributed by atoms with Crippen molar-refractivity contribution in [3.8, 4) is 0 Å². The average Bonchev–Trinajstić information content (AvgIpc) is 2.31. The summed E-state index contributed by atoms with van der Waals surface area (Å²) in [6.45, 7) is 11.3. The van der Waals surface area contributed by atoms with Gasteiger partial charge in [0.15, 0.2) is 0 Å². The van der Waals surface area contributed by atoms with Crippen LogP contribution in [0.2, 0.25) is 0 Å². The zero-order valence-electron chi connectivity index (χ0n) is 12.7. The van der Waals surface area contributed by atoms with E-state index < -0.39 is 0 Å². The molecule has 106 valence electrons. The van der Waals surface area contributed by atoms with Gasteiger partial charge in [0.25, 0.3) is 0 Å². The lowest BCUT2D eigenvalue weighted by molar-refractivity contribution is -0.0841. The quantitative estimate of drug-likeness (QED) is 0.818. The molecule has 0 bridgehead atoms. The standard InChI is InChI=1S/C15H30N2O/c1-11-10-18-12(2)9-17(11)14-8-15(3,4)7-6-13(14)16-5/h11-14,16H,6-10H2,1-5H3. The van der Waals surface area contributed by atoms with Crippen LogP contribution in [0.3, 0.4) is 0 Å². The molecule has 1 N–H and O–H groups in total. The number of hydrogen-bond acceptors (Lipinski definition) is 3. The van der Waals surface area contributed by atoms with Crippen LogP contribution in [-0.4, -0.2) is 49.3 Å². The molecule has 0 aromatic carbocycles. The summed E-state index contributed by atoms with van der Waals surface area (Å²) < 4.78 is 5.77. The second-order valence-electron chi connectivity index (χ2n) is 7.06. The maximum absolute atomic E-state index is 5.77. The second kappa shape index (κ2) is 5.48. The summed E-state index contributed by atoms with van der Waals surface area (Å²) in [5, 5.41) is 3.54. The lowest BCUT2D eigenvalue weighted by Crippen LogP contribution is -2.60. The Labute approximate surface area is 112 Å². The Hall–Kier alpha value is -0.120. The maximum atomic E-state index is 5.77. The van der Waals surface area contributed by atoms with E-state index in [1.807, 2.05) is 0 Å². The molecule has 18 heavy (non-hydrogen) atoms. The maximum Gasteiger partial charge on any atom is 0.0674 e. The Morgan fingerprint density at radius 3 is 2.67 bits per heavy atom. The van der Waals surface area contributed by atoms with Gasteiger partial charge in [-0.2, -0.15) is 0 Å². The first-order chi connectivity index (χ1) is 8.43. The normalized spacial score (nSPS) is 41.8. The van der Waals surface area contributed by atoms with Crippen LogP contribution in [-0.2, 0) is 4.74 Å².